The van der Waals surface area contributed by atoms with Gasteiger partial charge in [-0.1, -0.05) is 0 Å². The van der Waals surface area contributed by atoms with Crippen LogP contribution >= 0.6 is 11.3 Å². The Morgan fingerprint density at radius 1 is 1.60 bits per heavy atom. The van der Waals surface area contributed by atoms with E-state index in [0.29, 0.717) is 6.42 Å². The molecule has 2 aromatic rings. The number of aryl methyl sites for hydroxylation is 1. The zero-order valence-electron chi connectivity index (χ0n) is 8.50. The predicted molar refractivity (Wildman–Crippen MR) is 58.7 cm³/mol. The van der Waals surface area contributed by atoms with Crippen LogP contribution < -0.4 is 0 Å². The van der Waals surface area contributed by atoms with Crippen LogP contribution in [0.25, 0.3) is 0 Å². The minimum Gasteiger partial charge on any atom is -0.387 e. The minimum atomic E-state index is -0.495. The topological polar surface area (TPSA) is 50.9 Å². The number of aliphatic hydroxyl groups excluding tert-OH is 1. The number of rotatable bonds is 4. The van der Waals surface area contributed by atoms with Crippen LogP contribution in [0.2, 0.25) is 0 Å². The summed E-state index contributed by atoms with van der Waals surface area (Å²) in [7, 11) is 0. The lowest BCUT2D eigenvalue weighted by molar-refractivity contribution is 0.178. The molecule has 0 fully saturated rings. The largest absolute Gasteiger partial charge is 0.387 e. The SMILES string of the molecule is CCn1ccnc1CC(O)c1cncs1. The molecule has 0 aromatic carbocycles. The van der Waals surface area contributed by atoms with Crippen molar-refractivity contribution >= 4 is 11.3 Å². The van der Waals surface area contributed by atoms with E-state index < -0.39 is 6.10 Å². The second-order valence-electron chi connectivity index (χ2n) is 3.25. The molecule has 0 amide bonds. The average Bonchev–Trinajstić information content (AvgIpc) is 2.87. The maximum absolute atomic E-state index is 9.92. The second-order valence-corrected chi connectivity index (χ2v) is 4.17. The van der Waals surface area contributed by atoms with Gasteiger partial charge in [0.15, 0.2) is 0 Å². The quantitative estimate of drug-likeness (QED) is 0.857. The Morgan fingerprint density at radius 2 is 2.47 bits per heavy atom. The van der Waals surface area contributed by atoms with Gasteiger partial charge in [-0.25, -0.2) is 4.98 Å². The molecule has 0 saturated heterocycles. The summed E-state index contributed by atoms with van der Waals surface area (Å²) in [6.45, 7) is 2.94. The number of thiazole rings is 1. The maximum atomic E-state index is 9.92. The molecule has 0 aliphatic carbocycles. The zero-order valence-corrected chi connectivity index (χ0v) is 9.31. The van der Waals surface area contributed by atoms with Gasteiger partial charge in [0, 0.05) is 31.6 Å². The third-order valence-electron chi connectivity index (χ3n) is 2.30. The number of nitrogens with zero attached hydrogens (tertiary/aromatic N) is 3. The lowest BCUT2D eigenvalue weighted by Crippen LogP contribution is -2.07. The van der Waals surface area contributed by atoms with E-state index >= 15 is 0 Å². The molecule has 80 valence electrons. The number of imidazole rings is 1. The molecule has 1 N–H and O–H groups in total. The number of aliphatic hydroxyl groups is 1. The molecule has 0 bridgehead atoms. The highest BCUT2D eigenvalue weighted by Gasteiger charge is 2.13. The predicted octanol–water partition coefficient (Wildman–Crippen LogP) is 1.64. The van der Waals surface area contributed by atoms with Crippen molar-refractivity contribution in [2.45, 2.75) is 26.0 Å². The second kappa shape index (κ2) is 4.55. The van der Waals surface area contributed by atoms with E-state index in [1.165, 1.54) is 11.3 Å². The fourth-order valence-electron chi connectivity index (χ4n) is 1.48. The van der Waals surface area contributed by atoms with Gasteiger partial charge in [0.2, 0.25) is 0 Å². The van der Waals surface area contributed by atoms with Crippen LogP contribution in [-0.2, 0) is 13.0 Å². The fraction of sp³-hybridized carbons (Fsp3) is 0.400. The lowest BCUT2D eigenvalue weighted by atomic mass is 10.2. The van der Waals surface area contributed by atoms with E-state index in [1.54, 1.807) is 17.9 Å². The van der Waals surface area contributed by atoms with Gasteiger partial charge in [-0.2, -0.15) is 0 Å². The van der Waals surface area contributed by atoms with Crippen molar-refractivity contribution in [3.8, 4) is 0 Å². The molecular weight excluding hydrogens is 210 g/mol. The van der Waals surface area contributed by atoms with Gasteiger partial charge in [-0.3, -0.25) is 4.98 Å². The third-order valence-corrected chi connectivity index (χ3v) is 3.17. The number of hydrogen-bond acceptors (Lipinski definition) is 4. The number of aromatic nitrogens is 3. The van der Waals surface area contributed by atoms with Crippen molar-refractivity contribution in [3.05, 3.63) is 34.8 Å². The van der Waals surface area contributed by atoms with E-state index in [-0.39, 0.29) is 0 Å². The summed E-state index contributed by atoms with van der Waals surface area (Å²) < 4.78 is 2.03. The summed E-state index contributed by atoms with van der Waals surface area (Å²) in [6.07, 6.45) is 5.44. The van der Waals surface area contributed by atoms with Gasteiger partial charge in [-0.05, 0) is 6.92 Å². The first-order valence-corrected chi connectivity index (χ1v) is 5.75. The summed E-state index contributed by atoms with van der Waals surface area (Å²) >= 11 is 1.47. The first-order chi connectivity index (χ1) is 7.31. The monoisotopic (exact) mass is 223 g/mol. The Hall–Kier alpha value is -1.20. The molecule has 5 heteroatoms. The molecule has 2 aromatic heterocycles. The molecule has 2 rings (SSSR count). The summed E-state index contributed by atoms with van der Waals surface area (Å²) in [6, 6.07) is 0. The zero-order chi connectivity index (χ0) is 10.7. The van der Waals surface area contributed by atoms with Crippen molar-refractivity contribution in [3.63, 3.8) is 0 Å². The van der Waals surface area contributed by atoms with Crippen molar-refractivity contribution < 1.29 is 5.11 Å². The highest BCUT2D eigenvalue weighted by atomic mass is 32.1. The average molecular weight is 223 g/mol. The summed E-state index contributed by atoms with van der Waals surface area (Å²) in [5, 5.41) is 9.92. The van der Waals surface area contributed by atoms with E-state index in [9.17, 15) is 5.11 Å². The normalized spacial score (nSPS) is 12.9. The van der Waals surface area contributed by atoms with Crippen molar-refractivity contribution in [1.29, 1.82) is 0 Å². The Morgan fingerprint density at radius 3 is 3.13 bits per heavy atom. The van der Waals surface area contributed by atoms with Gasteiger partial charge in [0.25, 0.3) is 0 Å². The van der Waals surface area contributed by atoms with Crippen LogP contribution in [0.5, 0.6) is 0 Å². The van der Waals surface area contributed by atoms with Crippen LogP contribution in [0.1, 0.15) is 23.7 Å². The van der Waals surface area contributed by atoms with Crippen LogP contribution in [0.3, 0.4) is 0 Å². The van der Waals surface area contributed by atoms with Gasteiger partial charge in [0.1, 0.15) is 5.82 Å². The molecule has 15 heavy (non-hydrogen) atoms. The Balaban J connectivity index is 2.09. The molecule has 1 atom stereocenters. The molecule has 0 spiro atoms. The number of hydrogen-bond donors (Lipinski definition) is 1. The van der Waals surface area contributed by atoms with Crippen LogP contribution in [0, 0.1) is 0 Å². The molecule has 1 unspecified atom stereocenters. The van der Waals surface area contributed by atoms with E-state index in [4.69, 9.17) is 0 Å². The smallest absolute Gasteiger partial charge is 0.111 e. The van der Waals surface area contributed by atoms with Gasteiger partial charge in [-0.15, -0.1) is 11.3 Å². The molecule has 2 heterocycles. The molecule has 0 saturated carbocycles. The molecular formula is C10H13N3OS. The Kier molecular flexibility index (Phi) is 3.13. The van der Waals surface area contributed by atoms with Gasteiger partial charge < -0.3 is 9.67 Å². The van der Waals surface area contributed by atoms with Crippen molar-refractivity contribution in [1.82, 2.24) is 14.5 Å². The maximum Gasteiger partial charge on any atom is 0.111 e. The molecule has 0 aliphatic rings. The third kappa shape index (κ3) is 2.24. The summed E-state index contributed by atoms with van der Waals surface area (Å²) in [4.78, 5) is 9.06. The van der Waals surface area contributed by atoms with Crippen molar-refractivity contribution in [2.75, 3.05) is 0 Å². The molecule has 0 aliphatic heterocycles. The first kappa shape index (κ1) is 10.3. The lowest BCUT2D eigenvalue weighted by Gasteiger charge is -2.08. The van der Waals surface area contributed by atoms with E-state index in [2.05, 4.69) is 16.9 Å². The highest BCUT2D eigenvalue weighted by molar-refractivity contribution is 7.09. The first-order valence-electron chi connectivity index (χ1n) is 4.87. The minimum absolute atomic E-state index is 0.495. The standard InChI is InChI=1S/C10H13N3OS/c1-2-13-4-3-12-10(13)5-8(14)9-6-11-7-15-9/h3-4,6-8,14H,2,5H2,1H3. The fourth-order valence-corrected chi connectivity index (χ4v) is 2.09. The summed E-state index contributed by atoms with van der Waals surface area (Å²) in [5.41, 5.74) is 1.73. The Bertz CT molecular complexity index is 410. The molecule has 4 nitrogen and oxygen atoms in total. The van der Waals surface area contributed by atoms with Crippen LogP contribution in [0.4, 0.5) is 0 Å². The highest BCUT2D eigenvalue weighted by Crippen LogP contribution is 2.20. The van der Waals surface area contributed by atoms with Crippen LogP contribution in [0.15, 0.2) is 24.1 Å². The van der Waals surface area contributed by atoms with Crippen LogP contribution in [-0.4, -0.2) is 19.6 Å². The Labute approximate surface area is 92.2 Å². The van der Waals surface area contributed by atoms with E-state index in [1.807, 2.05) is 10.8 Å². The van der Waals surface area contributed by atoms with Gasteiger partial charge in [0.05, 0.1) is 16.5 Å². The summed E-state index contributed by atoms with van der Waals surface area (Å²) in [5.74, 6) is 0.915. The van der Waals surface area contributed by atoms with E-state index in [0.717, 1.165) is 17.2 Å². The molecule has 0 radical (unpaired) electrons. The van der Waals surface area contributed by atoms with Gasteiger partial charge >= 0.3 is 0 Å². The van der Waals surface area contributed by atoms with Crippen molar-refractivity contribution in [2.24, 2.45) is 0 Å².